The normalized spacial score (nSPS) is 27.2. The van der Waals surface area contributed by atoms with Gasteiger partial charge in [0.25, 0.3) is 0 Å². The van der Waals surface area contributed by atoms with Crippen LogP contribution in [0.2, 0.25) is 0 Å². The lowest BCUT2D eigenvalue weighted by molar-refractivity contribution is 0.108. The highest BCUT2D eigenvalue weighted by Gasteiger charge is 2.35. The van der Waals surface area contributed by atoms with Crippen molar-refractivity contribution in [2.24, 2.45) is 0 Å². The number of sulfonamides is 1. The Bertz CT molecular complexity index is 556. The highest BCUT2D eigenvalue weighted by molar-refractivity contribution is 7.89. The van der Waals surface area contributed by atoms with Crippen molar-refractivity contribution in [2.75, 3.05) is 18.9 Å². The summed E-state index contributed by atoms with van der Waals surface area (Å²) in [7, 11) is -3.21. The van der Waals surface area contributed by atoms with E-state index in [0.29, 0.717) is 13.0 Å². The smallest absolute Gasteiger partial charge is 0.214 e. The zero-order valence-electron chi connectivity index (χ0n) is 12.1. The Morgan fingerprint density at radius 2 is 2.05 bits per heavy atom. The van der Waals surface area contributed by atoms with E-state index < -0.39 is 10.0 Å². The van der Waals surface area contributed by atoms with Crippen molar-refractivity contribution in [3.8, 4) is 0 Å². The fraction of sp³-hybridized carbons (Fsp3) is 0.667. The molecular weight excluding hydrogens is 288 g/mol. The Morgan fingerprint density at radius 1 is 1.24 bits per heavy atom. The standard InChI is InChI=1S/C15H22N2O3S/c18-21(19,12-7-14-3-2-11-20-14)17-10-1-4-15(17)13-5-8-16-9-6-13/h5-6,8-9,14-15H,1-4,7,10-12H2/t14-,15-/m0/s1. The molecule has 2 saturated heterocycles. The van der Waals surface area contributed by atoms with Crippen molar-refractivity contribution in [2.45, 2.75) is 44.2 Å². The lowest BCUT2D eigenvalue weighted by Crippen LogP contribution is -2.33. The molecule has 1 aromatic heterocycles. The summed E-state index contributed by atoms with van der Waals surface area (Å²) in [5, 5.41) is 0. The zero-order chi connectivity index (χ0) is 14.7. The van der Waals surface area contributed by atoms with E-state index in [1.54, 1.807) is 16.7 Å². The van der Waals surface area contributed by atoms with Crippen LogP contribution in [0.25, 0.3) is 0 Å². The first-order valence-corrected chi connectivity index (χ1v) is 9.29. The summed E-state index contributed by atoms with van der Waals surface area (Å²) >= 11 is 0. The number of hydrogen-bond donors (Lipinski definition) is 0. The fourth-order valence-electron chi connectivity index (χ4n) is 3.26. The molecule has 2 aliphatic rings. The second-order valence-corrected chi connectivity index (χ2v) is 7.83. The average molecular weight is 310 g/mol. The molecule has 3 rings (SSSR count). The maximum atomic E-state index is 12.6. The van der Waals surface area contributed by atoms with E-state index in [4.69, 9.17) is 4.74 Å². The first-order chi connectivity index (χ1) is 10.2. The molecule has 0 bridgehead atoms. The Balaban J connectivity index is 1.68. The van der Waals surface area contributed by atoms with E-state index >= 15 is 0 Å². The largest absolute Gasteiger partial charge is 0.378 e. The maximum Gasteiger partial charge on any atom is 0.214 e. The van der Waals surface area contributed by atoms with Crippen LogP contribution < -0.4 is 0 Å². The third-order valence-corrected chi connectivity index (χ3v) is 6.28. The Hall–Kier alpha value is -0.980. The van der Waals surface area contributed by atoms with Gasteiger partial charge in [-0.1, -0.05) is 0 Å². The third kappa shape index (κ3) is 3.44. The number of nitrogens with zero attached hydrogens (tertiary/aromatic N) is 2. The number of pyridine rings is 1. The molecule has 5 nitrogen and oxygen atoms in total. The van der Waals surface area contributed by atoms with Crippen molar-refractivity contribution in [1.29, 1.82) is 0 Å². The summed E-state index contributed by atoms with van der Waals surface area (Å²) in [5.41, 5.74) is 1.04. The van der Waals surface area contributed by atoms with Crippen LogP contribution in [-0.4, -0.2) is 42.7 Å². The van der Waals surface area contributed by atoms with Crippen LogP contribution in [0, 0.1) is 0 Å². The fourth-order valence-corrected chi connectivity index (χ4v) is 5.08. The minimum Gasteiger partial charge on any atom is -0.378 e. The van der Waals surface area contributed by atoms with Gasteiger partial charge in [0.05, 0.1) is 11.9 Å². The molecule has 1 aromatic rings. The second kappa shape index (κ2) is 6.42. The monoisotopic (exact) mass is 310 g/mol. The summed E-state index contributed by atoms with van der Waals surface area (Å²) in [6.45, 7) is 1.40. The molecule has 0 N–H and O–H groups in total. The van der Waals surface area contributed by atoms with Gasteiger partial charge >= 0.3 is 0 Å². The van der Waals surface area contributed by atoms with Crippen molar-refractivity contribution in [1.82, 2.24) is 9.29 Å². The molecular formula is C15H22N2O3S. The van der Waals surface area contributed by atoms with E-state index in [9.17, 15) is 8.42 Å². The SMILES string of the molecule is O=S(=O)(CC[C@@H]1CCCO1)N1CCC[C@H]1c1ccncc1. The Labute approximate surface area is 126 Å². The van der Waals surface area contributed by atoms with Gasteiger partial charge in [0.15, 0.2) is 0 Å². The van der Waals surface area contributed by atoms with Crippen LogP contribution in [0.3, 0.4) is 0 Å². The van der Waals surface area contributed by atoms with Gasteiger partial charge in [0, 0.05) is 31.6 Å². The molecule has 0 aliphatic carbocycles. The maximum absolute atomic E-state index is 12.6. The number of hydrogen-bond acceptors (Lipinski definition) is 4. The molecule has 2 atom stereocenters. The van der Waals surface area contributed by atoms with Crippen LogP contribution in [0.4, 0.5) is 0 Å². The topological polar surface area (TPSA) is 59.5 Å². The zero-order valence-corrected chi connectivity index (χ0v) is 13.0. The quantitative estimate of drug-likeness (QED) is 0.836. The first-order valence-electron chi connectivity index (χ1n) is 7.68. The molecule has 0 saturated carbocycles. The van der Waals surface area contributed by atoms with Crippen molar-refractivity contribution >= 4 is 10.0 Å². The first kappa shape index (κ1) is 14.9. The average Bonchev–Trinajstić information content (AvgIpc) is 3.18. The molecule has 2 aliphatic heterocycles. The second-order valence-electron chi connectivity index (χ2n) is 5.79. The Kier molecular flexibility index (Phi) is 4.57. The summed E-state index contributed by atoms with van der Waals surface area (Å²) in [6, 6.07) is 3.81. The molecule has 0 radical (unpaired) electrons. The van der Waals surface area contributed by atoms with Gasteiger partial charge in [-0.15, -0.1) is 0 Å². The van der Waals surface area contributed by atoms with E-state index in [1.807, 2.05) is 12.1 Å². The van der Waals surface area contributed by atoms with Gasteiger partial charge in [0.2, 0.25) is 10.0 Å². The predicted octanol–water partition coefficient (Wildman–Crippen LogP) is 2.12. The van der Waals surface area contributed by atoms with Crippen molar-refractivity contribution < 1.29 is 13.2 Å². The summed E-state index contributed by atoms with van der Waals surface area (Å²) in [5.74, 6) is 0.194. The van der Waals surface area contributed by atoms with Gasteiger partial charge < -0.3 is 4.74 Å². The molecule has 0 spiro atoms. The third-order valence-electron chi connectivity index (χ3n) is 4.37. The van der Waals surface area contributed by atoms with Gasteiger partial charge in [-0.2, -0.15) is 4.31 Å². The minimum absolute atomic E-state index is 0.0255. The van der Waals surface area contributed by atoms with Gasteiger partial charge in [0.1, 0.15) is 0 Å². The van der Waals surface area contributed by atoms with E-state index in [-0.39, 0.29) is 17.9 Å². The van der Waals surface area contributed by atoms with Gasteiger partial charge in [-0.25, -0.2) is 8.42 Å². The molecule has 3 heterocycles. The van der Waals surface area contributed by atoms with Crippen LogP contribution in [-0.2, 0) is 14.8 Å². The number of aromatic nitrogens is 1. The van der Waals surface area contributed by atoms with Crippen molar-refractivity contribution in [3.05, 3.63) is 30.1 Å². The summed E-state index contributed by atoms with van der Waals surface area (Å²) < 4.78 is 32.5. The molecule has 0 unspecified atom stereocenters. The van der Waals surface area contributed by atoms with Gasteiger partial charge in [-0.05, 0) is 49.8 Å². The molecule has 2 fully saturated rings. The molecule has 116 valence electrons. The number of rotatable bonds is 5. The van der Waals surface area contributed by atoms with E-state index in [0.717, 1.165) is 37.9 Å². The molecule has 0 aromatic carbocycles. The summed E-state index contributed by atoms with van der Waals surface area (Å²) in [4.78, 5) is 4.01. The Morgan fingerprint density at radius 3 is 2.76 bits per heavy atom. The van der Waals surface area contributed by atoms with Gasteiger partial charge in [-0.3, -0.25) is 4.98 Å². The summed E-state index contributed by atoms with van der Waals surface area (Å²) in [6.07, 6.45) is 8.05. The highest BCUT2D eigenvalue weighted by atomic mass is 32.2. The number of ether oxygens (including phenoxy) is 1. The molecule has 6 heteroatoms. The van der Waals surface area contributed by atoms with Crippen molar-refractivity contribution in [3.63, 3.8) is 0 Å². The lowest BCUT2D eigenvalue weighted by Gasteiger charge is -2.24. The van der Waals surface area contributed by atoms with Crippen LogP contribution in [0.15, 0.2) is 24.5 Å². The molecule has 21 heavy (non-hydrogen) atoms. The van der Waals surface area contributed by atoms with Crippen LogP contribution >= 0.6 is 0 Å². The molecule has 0 amide bonds. The highest BCUT2D eigenvalue weighted by Crippen LogP contribution is 2.34. The van der Waals surface area contributed by atoms with E-state index in [1.165, 1.54) is 0 Å². The van der Waals surface area contributed by atoms with Crippen LogP contribution in [0.1, 0.15) is 43.7 Å². The predicted molar refractivity (Wildman–Crippen MR) is 80.3 cm³/mol. The minimum atomic E-state index is -3.21. The van der Waals surface area contributed by atoms with E-state index in [2.05, 4.69) is 4.98 Å². The van der Waals surface area contributed by atoms with Crippen LogP contribution in [0.5, 0.6) is 0 Å². The lowest BCUT2D eigenvalue weighted by atomic mass is 10.1.